The number of anilines is 1. The first-order valence-corrected chi connectivity index (χ1v) is 15.6. The molecule has 9 heteroatoms. The zero-order valence-electron chi connectivity index (χ0n) is 23.1. The summed E-state index contributed by atoms with van der Waals surface area (Å²) in [6, 6.07) is 22.1. The van der Waals surface area contributed by atoms with Crippen LogP contribution in [0.4, 0.5) is 5.69 Å². The number of benzene rings is 3. The number of carbonyl (C=O) groups excluding carboxylic acids is 2. The van der Waals surface area contributed by atoms with Crippen LogP contribution in [0, 0.1) is 6.92 Å². The van der Waals surface area contributed by atoms with Crippen LogP contribution in [0.5, 0.6) is 0 Å². The molecule has 0 aromatic heterocycles. The van der Waals surface area contributed by atoms with Gasteiger partial charge in [0.05, 0.1) is 10.6 Å². The van der Waals surface area contributed by atoms with Gasteiger partial charge in [-0.2, -0.15) is 0 Å². The van der Waals surface area contributed by atoms with Gasteiger partial charge in [-0.25, -0.2) is 8.42 Å². The molecule has 7 nitrogen and oxygen atoms in total. The Kier molecular flexibility index (Phi) is 10.6. The molecule has 0 saturated heterocycles. The molecule has 0 heterocycles. The number of hydrogen-bond donors (Lipinski definition) is 1. The van der Waals surface area contributed by atoms with Crippen molar-refractivity contribution in [3.05, 3.63) is 90.0 Å². The fraction of sp³-hybridized carbons (Fsp3) is 0.333. The van der Waals surface area contributed by atoms with E-state index in [-0.39, 0.29) is 23.4 Å². The highest BCUT2D eigenvalue weighted by Gasteiger charge is 2.32. The topological polar surface area (TPSA) is 86.8 Å². The average molecular weight is 568 g/mol. The van der Waals surface area contributed by atoms with Crippen molar-refractivity contribution in [2.75, 3.05) is 17.1 Å². The number of nitrogens with one attached hydrogen (secondary N) is 1. The third-order valence-electron chi connectivity index (χ3n) is 6.61. The molecule has 0 fully saturated rings. The Bertz CT molecular complexity index is 1350. The molecule has 0 unspecified atom stereocenters. The van der Waals surface area contributed by atoms with Crippen LogP contribution >= 0.6 is 11.8 Å². The summed E-state index contributed by atoms with van der Waals surface area (Å²) in [5.74, 6) is -0.762. The quantitative estimate of drug-likeness (QED) is 0.302. The van der Waals surface area contributed by atoms with Crippen molar-refractivity contribution in [1.82, 2.24) is 10.2 Å². The van der Waals surface area contributed by atoms with Gasteiger partial charge in [0, 0.05) is 17.5 Å². The van der Waals surface area contributed by atoms with Crippen LogP contribution < -0.4 is 9.62 Å². The minimum Gasteiger partial charge on any atom is -0.352 e. The van der Waals surface area contributed by atoms with E-state index in [4.69, 9.17) is 0 Å². The highest BCUT2D eigenvalue weighted by Crippen LogP contribution is 2.26. The van der Waals surface area contributed by atoms with Crippen molar-refractivity contribution < 1.29 is 18.0 Å². The Morgan fingerprint density at radius 3 is 2.10 bits per heavy atom. The first-order chi connectivity index (χ1) is 18.6. The van der Waals surface area contributed by atoms with Crippen LogP contribution in [0.1, 0.15) is 38.3 Å². The second-order valence-corrected chi connectivity index (χ2v) is 12.3. The summed E-state index contributed by atoms with van der Waals surface area (Å²) in [7, 11) is -4.09. The molecule has 3 aromatic rings. The summed E-state index contributed by atoms with van der Waals surface area (Å²) in [5, 5.41) is 2.94. The zero-order valence-corrected chi connectivity index (χ0v) is 24.8. The van der Waals surface area contributed by atoms with Crippen molar-refractivity contribution in [3.8, 4) is 0 Å². The first-order valence-electron chi connectivity index (χ1n) is 12.9. The van der Waals surface area contributed by atoms with Crippen molar-refractivity contribution in [2.45, 2.75) is 62.5 Å². The number of nitrogens with zero attached hydrogens (tertiary/aromatic N) is 2. The zero-order chi connectivity index (χ0) is 28.6. The van der Waals surface area contributed by atoms with Crippen LogP contribution in [0.3, 0.4) is 0 Å². The first kappa shape index (κ1) is 30.2. The maximum Gasteiger partial charge on any atom is 0.264 e. The second-order valence-electron chi connectivity index (χ2n) is 9.52. The van der Waals surface area contributed by atoms with E-state index in [9.17, 15) is 18.0 Å². The highest BCUT2D eigenvalue weighted by molar-refractivity contribution is 7.98. The summed E-state index contributed by atoms with van der Waals surface area (Å²) in [6.07, 6.45) is 2.67. The lowest BCUT2D eigenvalue weighted by Crippen LogP contribution is -2.52. The fourth-order valence-electron chi connectivity index (χ4n) is 3.94. The van der Waals surface area contributed by atoms with Crippen molar-refractivity contribution in [1.29, 1.82) is 0 Å². The van der Waals surface area contributed by atoms with Crippen LogP contribution in [-0.2, 0) is 26.2 Å². The van der Waals surface area contributed by atoms with Gasteiger partial charge in [-0.3, -0.25) is 13.9 Å². The molecular formula is C30H37N3O4S2. The number of rotatable bonds is 12. The van der Waals surface area contributed by atoms with Gasteiger partial charge in [0.1, 0.15) is 12.6 Å². The van der Waals surface area contributed by atoms with Crippen LogP contribution in [0.25, 0.3) is 0 Å². The molecule has 0 spiro atoms. The summed E-state index contributed by atoms with van der Waals surface area (Å²) < 4.78 is 28.9. The highest BCUT2D eigenvalue weighted by atomic mass is 32.2. The molecule has 3 rings (SSSR count). The third kappa shape index (κ3) is 7.86. The molecule has 39 heavy (non-hydrogen) atoms. The van der Waals surface area contributed by atoms with Crippen molar-refractivity contribution in [2.24, 2.45) is 0 Å². The predicted octanol–water partition coefficient (Wildman–Crippen LogP) is 5.24. The van der Waals surface area contributed by atoms with E-state index in [2.05, 4.69) is 5.32 Å². The van der Waals surface area contributed by atoms with E-state index < -0.39 is 28.5 Å². The number of aryl methyl sites for hydroxylation is 1. The molecule has 0 bridgehead atoms. The number of carbonyl (C=O) groups is 2. The number of thioether (sulfide) groups is 1. The Labute approximate surface area is 236 Å². The van der Waals surface area contributed by atoms with Gasteiger partial charge in [0.25, 0.3) is 10.0 Å². The molecule has 0 aliphatic heterocycles. The Balaban J connectivity index is 2.00. The summed E-state index contributed by atoms with van der Waals surface area (Å²) >= 11 is 1.51. The van der Waals surface area contributed by atoms with Gasteiger partial charge in [-0.1, -0.05) is 55.0 Å². The van der Waals surface area contributed by atoms with E-state index in [0.29, 0.717) is 5.69 Å². The van der Waals surface area contributed by atoms with Crippen LogP contribution in [0.2, 0.25) is 0 Å². The molecule has 0 radical (unpaired) electrons. The molecule has 2 atom stereocenters. The summed E-state index contributed by atoms with van der Waals surface area (Å²) in [5.41, 5.74) is 2.18. The largest absolute Gasteiger partial charge is 0.352 e. The predicted molar refractivity (Wildman–Crippen MR) is 158 cm³/mol. The lowest BCUT2D eigenvalue weighted by molar-refractivity contribution is -0.139. The molecule has 2 amide bonds. The van der Waals surface area contributed by atoms with E-state index in [0.717, 1.165) is 26.7 Å². The number of sulfonamides is 1. The molecule has 1 N–H and O–H groups in total. The summed E-state index contributed by atoms with van der Waals surface area (Å²) in [6.45, 7) is 7.17. The average Bonchev–Trinajstić information content (AvgIpc) is 2.95. The van der Waals surface area contributed by atoms with Gasteiger partial charge < -0.3 is 10.2 Å². The normalized spacial score (nSPS) is 12.8. The molecule has 0 saturated carbocycles. The van der Waals surface area contributed by atoms with Crippen LogP contribution in [-0.4, -0.2) is 50.0 Å². The van der Waals surface area contributed by atoms with E-state index >= 15 is 0 Å². The second kappa shape index (κ2) is 13.7. The molecule has 3 aromatic carbocycles. The molecule has 0 aliphatic rings. The smallest absolute Gasteiger partial charge is 0.264 e. The van der Waals surface area contributed by atoms with Gasteiger partial charge in [-0.15, -0.1) is 11.8 Å². The minimum atomic E-state index is -4.09. The number of amides is 2. The van der Waals surface area contributed by atoms with Crippen LogP contribution in [0.15, 0.2) is 88.7 Å². The number of hydrogen-bond acceptors (Lipinski definition) is 5. The fourth-order valence-corrected chi connectivity index (χ4v) is 5.77. The van der Waals surface area contributed by atoms with E-state index in [1.54, 1.807) is 43.3 Å². The van der Waals surface area contributed by atoms with E-state index in [1.165, 1.54) is 16.7 Å². The maximum absolute atomic E-state index is 13.9. The van der Waals surface area contributed by atoms with Gasteiger partial charge >= 0.3 is 0 Å². The van der Waals surface area contributed by atoms with Gasteiger partial charge in [-0.05, 0) is 75.4 Å². The Hall–Kier alpha value is -3.30. The third-order valence-corrected chi connectivity index (χ3v) is 9.14. The van der Waals surface area contributed by atoms with Crippen molar-refractivity contribution in [3.63, 3.8) is 0 Å². The van der Waals surface area contributed by atoms with Crippen molar-refractivity contribution >= 4 is 39.3 Å². The molecule has 0 aliphatic carbocycles. The maximum atomic E-state index is 13.9. The molecule has 208 valence electrons. The standard InChI is InChI=1S/C30H37N3O4S2/c1-6-23(3)31-30(35)24(4)32(20-25-10-8-7-9-11-25)29(34)21-33(26-14-12-22(2)13-15-26)39(36,37)28-18-16-27(38-5)17-19-28/h7-19,23-24H,6,20-21H2,1-5H3,(H,31,35)/t23-,24+/m0/s1. The van der Waals surface area contributed by atoms with E-state index in [1.807, 2.05) is 69.5 Å². The Morgan fingerprint density at radius 1 is 0.923 bits per heavy atom. The Morgan fingerprint density at radius 2 is 1.54 bits per heavy atom. The summed E-state index contributed by atoms with van der Waals surface area (Å²) in [4.78, 5) is 29.5. The van der Waals surface area contributed by atoms with Gasteiger partial charge in [0.15, 0.2) is 0 Å². The monoisotopic (exact) mass is 567 g/mol. The van der Waals surface area contributed by atoms with Gasteiger partial charge in [0.2, 0.25) is 11.8 Å². The lowest BCUT2D eigenvalue weighted by Gasteiger charge is -2.32. The molecular weight excluding hydrogens is 530 g/mol. The minimum absolute atomic E-state index is 0.0534. The lowest BCUT2D eigenvalue weighted by atomic mass is 10.1. The SMILES string of the molecule is CC[C@H](C)NC(=O)[C@@H](C)N(Cc1ccccc1)C(=O)CN(c1ccc(C)cc1)S(=O)(=O)c1ccc(SC)cc1.